The minimum Gasteiger partial charge on any atom is -0.341 e. The maximum atomic E-state index is 13.2. The van der Waals surface area contributed by atoms with Crippen LogP contribution in [0.2, 0.25) is 0 Å². The molecule has 0 bridgehead atoms. The van der Waals surface area contributed by atoms with Crippen molar-refractivity contribution in [1.29, 1.82) is 0 Å². The van der Waals surface area contributed by atoms with Gasteiger partial charge in [0, 0.05) is 39.1 Å². The molecule has 1 aliphatic rings. The zero-order chi connectivity index (χ0) is 20.8. The van der Waals surface area contributed by atoms with Crippen LogP contribution in [0, 0.1) is 12.8 Å². The Balaban J connectivity index is 1.89. The molecule has 1 aliphatic heterocycles. The molecule has 0 unspecified atom stereocenters. The topological polar surface area (TPSA) is 66.6 Å². The van der Waals surface area contributed by atoms with E-state index in [-0.39, 0.29) is 17.7 Å². The zero-order valence-corrected chi connectivity index (χ0v) is 17.4. The molecule has 0 aromatic heterocycles. The maximum absolute atomic E-state index is 13.2. The number of nitrogens with zero attached hydrogens (tertiary/aromatic N) is 2. The van der Waals surface area contributed by atoms with Crippen LogP contribution in [0.1, 0.15) is 24.5 Å². The molecule has 5 nitrogen and oxygen atoms in total. The zero-order valence-electron chi connectivity index (χ0n) is 17.4. The number of carbonyl (C=O) groups excluding carboxylic acids is 2. The van der Waals surface area contributed by atoms with E-state index in [0.717, 1.165) is 16.7 Å². The third kappa shape index (κ3) is 5.04. The lowest BCUT2D eigenvalue weighted by atomic mass is 9.91. The van der Waals surface area contributed by atoms with Crippen molar-refractivity contribution in [2.45, 2.75) is 26.7 Å². The van der Waals surface area contributed by atoms with Crippen molar-refractivity contribution < 1.29 is 9.59 Å². The Labute approximate surface area is 173 Å². The molecule has 0 saturated carbocycles. The summed E-state index contributed by atoms with van der Waals surface area (Å²) in [5.74, 6) is -0.0740. The molecule has 3 rings (SSSR count). The summed E-state index contributed by atoms with van der Waals surface area (Å²) >= 11 is 0. The Bertz CT molecular complexity index is 847. The molecule has 154 valence electrons. The molecule has 1 fully saturated rings. The van der Waals surface area contributed by atoms with Crippen molar-refractivity contribution in [3.05, 3.63) is 59.7 Å². The summed E-state index contributed by atoms with van der Waals surface area (Å²) in [7, 11) is 0. The number of benzene rings is 2. The minimum absolute atomic E-state index is 0.0371. The summed E-state index contributed by atoms with van der Waals surface area (Å²) in [6.07, 6.45) is 0.943. The molecule has 0 radical (unpaired) electrons. The minimum atomic E-state index is -0.245. The highest BCUT2D eigenvalue weighted by Crippen LogP contribution is 2.27. The van der Waals surface area contributed by atoms with Crippen molar-refractivity contribution in [3.63, 3.8) is 0 Å². The van der Waals surface area contributed by atoms with Crippen LogP contribution in [0.25, 0.3) is 11.1 Å². The second kappa shape index (κ2) is 9.70. The van der Waals surface area contributed by atoms with E-state index in [1.807, 2.05) is 28.9 Å². The Kier molecular flexibility index (Phi) is 7.04. The fraction of sp³-hybridized carbons (Fsp3) is 0.417. The van der Waals surface area contributed by atoms with Gasteiger partial charge in [-0.2, -0.15) is 0 Å². The number of hydrogen-bond donors (Lipinski definition) is 1. The van der Waals surface area contributed by atoms with Crippen LogP contribution in [0.4, 0.5) is 0 Å². The van der Waals surface area contributed by atoms with Gasteiger partial charge in [-0.3, -0.25) is 9.59 Å². The summed E-state index contributed by atoms with van der Waals surface area (Å²) in [4.78, 5) is 29.3. The molecule has 2 aromatic carbocycles. The molecule has 1 heterocycles. The van der Waals surface area contributed by atoms with Gasteiger partial charge in [-0.05, 0) is 37.0 Å². The van der Waals surface area contributed by atoms with E-state index in [1.165, 1.54) is 5.56 Å². The predicted molar refractivity (Wildman–Crippen MR) is 116 cm³/mol. The maximum Gasteiger partial charge on any atom is 0.227 e. The first-order chi connectivity index (χ1) is 14.0. The predicted octanol–water partition coefficient (Wildman–Crippen LogP) is 2.86. The molecular weight excluding hydrogens is 362 g/mol. The SMILES string of the molecule is CCN1CCN(C(=O)CCN)C[C@@H](Cc2ccccc2-c2ccc(C)cc2)C1=O. The normalized spacial score (nSPS) is 17.3. The van der Waals surface area contributed by atoms with E-state index >= 15 is 0 Å². The average molecular weight is 394 g/mol. The Morgan fingerprint density at radius 1 is 1.10 bits per heavy atom. The standard InChI is InChI=1S/C24H31N3O2/c1-3-26-14-15-27(23(28)12-13-25)17-21(24(26)29)16-20-6-4-5-7-22(20)19-10-8-18(2)9-11-19/h4-11,21H,3,12-17,25H2,1-2H3/t21-/m1/s1. The van der Waals surface area contributed by atoms with Crippen molar-refractivity contribution in [2.75, 3.05) is 32.7 Å². The number of aryl methyl sites for hydroxylation is 1. The second-order valence-corrected chi connectivity index (χ2v) is 7.72. The number of nitrogens with two attached hydrogens (primary N) is 1. The molecule has 29 heavy (non-hydrogen) atoms. The second-order valence-electron chi connectivity index (χ2n) is 7.72. The van der Waals surface area contributed by atoms with Crippen LogP contribution in [-0.4, -0.2) is 54.3 Å². The van der Waals surface area contributed by atoms with Gasteiger partial charge in [0.25, 0.3) is 0 Å². The van der Waals surface area contributed by atoms with Gasteiger partial charge in [0.1, 0.15) is 0 Å². The summed E-state index contributed by atoms with van der Waals surface area (Å²) in [6.45, 7) is 6.68. The first-order valence-corrected chi connectivity index (χ1v) is 10.4. The number of likely N-dealkylation sites (N-methyl/N-ethyl adjacent to an activating group) is 1. The highest BCUT2D eigenvalue weighted by molar-refractivity contribution is 5.83. The fourth-order valence-corrected chi connectivity index (χ4v) is 4.00. The summed E-state index contributed by atoms with van der Waals surface area (Å²) < 4.78 is 0. The van der Waals surface area contributed by atoms with E-state index in [4.69, 9.17) is 5.73 Å². The first-order valence-electron chi connectivity index (χ1n) is 10.4. The Morgan fingerprint density at radius 3 is 2.52 bits per heavy atom. The Hall–Kier alpha value is -2.66. The van der Waals surface area contributed by atoms with E-state index in [0.29, 0.717) is 45.6 Å². The lowest BCUT2D eigenvalue weighted by Gasteiger charge is -2.24. The van der Waals surface area contributed by atoms with Crippen LogP contribution < -0.4 is 5.73 Å². The Morgan fingerprint density at radius 2 is 1.83 bits per heavy atom. The number of carbonyl (C=O) groups is 2. The van der Waals surface area contributed by atoms with Crippen molar-refractivity contribution in [3.8, 4) is 11.1 Å². The third-order valence-electron chi connectivity index (χ3n) is 5.68. The largest absolute Gasteiger partial charge is 0.341 e. The highest BCUT2D eigenvalue weighted by Gasteiger charge is 2.31. The first kappa shape index (κ1) is 21.1. The van der Waals surface area contributed by atoms with Crippen LogP contribution in [0.5, 0.6) is 0 Å². The van der Waals surface area contributed by atoms with E-state index in [2.05, 4.69) is 43.3 Å². The summed E-state index contributed by atoms with van der Waals surface area (Å²) in [5.41, 5.74) is 10.2. The van der Waals surface area contributed by atoms with Crippen molar-refractivity contribution in [2.24, 2.45) is 11.7 Å². The quantitative estimate of drug-likeness (QED) is 0.821. The van der Waals surface area contributed by atoms with Crippen LogP contribution >= 0.6 is 0 Å². The van der Waals surface area contributed by atoms with Gasteiger partial charge >= 0.3 is 0 Å². The van der Waals surface area contributed by atoms with Crippen molar-refractivity contribution >= 4 is 11.8 Å². The third-order valence-corrected chi connectivity index (χ3v) is 5.68. The van der Waals surface area contributed by atoms with Crippen LogP contribution in [0.15, 0.2) is 48.5 Å². The van der Waals surface area contributed by atoms with E-state index in [9.17, 15) is 9.59 Å². The molecule has 0 spiro atoms. The van der Waals surface area contributed by atoms with Crippen molar-refractivity contribution in [1.82, 2.24) is 9.80 Å². The summed E-state index contributed by atoms with van der Waals surface area (Å²) in [5, 5.41) is 0. The lowest BCUT2D eigenvalue weighted by molar-refractivity contribution is -0.134. The monoisotopic (exact) mass is 393 g/mol. The molecule has 1 saturated heterocycles. The highest BCUT2D eigenvalue weighted by atomic mass is 16.2. The molecule has 1 atom stereocenters. The fourth-order valence-electron chi connectivity index (χ4n) is 4.00. The van der Waals surface area contributed by atoms with Gasteiger partial charge in [-0.15, -0.1) is 0 Å². The van der Waals surface area contributed by atoms with Gasteiger partial charge in [0.15, 0.2) is 0 Å². The van der Waals surface area contributed by atoms with E-state index in [1.54, 1.807) is 0 Å². The number of hydrogen-bond acceptors (Lipinski definition) is 3. The summed E-state index contributed by atoms with van der Waals surface area (Å²) in [6, 6.07) is 16.7. The molecular formula is C24H31N3O2. The number of amides is 2. The molecule has 0 aliphatic carbocycles. The van der Waals surface area contributed by atoms with Crippen LogP contribution in [0.3, 0.4) is 0 Å². The van der Waals surface area contributed by atoms with Gasteiger partial charge in [-0.25, -0.2) is 0 Å². The van der Waals surface area contributed by atoms with Gasteiger partial charge in [-0.1, -0.05) is 54.1 Å². The van der Waals surface area contributed by atoms with Crippen LogP contribution in [-0.2, 0) is 16.0 Å². The average Bonchev–Trinajstić information content (AvgIpc) is 2.88. The van der Waals surface area contributed by atoms with Gasteiger partial charge in [0.2, 0.25) is 11.8 Å². The van der Waals surface area contributed by atoms with Gasteiger partial charge < -0.3 is 15.5 Å². The molecule has 2 N–H and O–H groups in total. The smallest absolute Gasteiger partial charge is 0.227 e. The lowest BCUT2D eigenvalue weighted by Crippen LogP contribution is -2.38. The molecule has 5 heteroatoms. The molecule has 2 amide bonds. The number of rotatable bonds is 6. The van der Waals surface area contributed by atoms with Gasteiger partial charge in [0.05, 0.1) is 5.92 Å². The van der Waals surface area contributed by atoms with E-state index < -0.39 is 0 Å². The molecule has 2 aromatic rings.